The van der Waals surface area contributed by atoms with Gasteiger partial charge in [-0.15, -0.1) is 11.3 Å². The maximum atomic E-state index is 13.6. The molecule has 2 rings (SSSR count). The minimum atomic E-state index is -0.191. The molecule has 0 amide bonds. The fourth-order valence-electron chi connectivity index (χ4n) is 1.46. The Morgan fingerprint density at radius 1 is 1.38 bits per heavy atom. The predicted molar refractivity (Wildman–Crippen MR) is 63.6 cm³/mol. The highest BCUT2D eigenvalue weighted by Crippen LogP contribution is 2.28. The highest BCUT2D eigenvalue weighted by atomic mass is 32.1. The first kappa shape index (κ1) is 11.3. The van der Waals surface area contributed by atoms with Crippen molar-refractivity contribution < 1.29 is 9.23 Å². The second-order valence-corrected chi connectivity index (χ2v) is 4.26. The molecule has 0 aliphatic heterocycles. The second kappa shape index (κ2) is 5.21. The molecular weight excluding hydrogens is 225 g/mol. The fraction of sp³-hybridized carbons (Fsp3) is 0.167. The molecule has 0 fully saturated rings. The van der Waals surface area contributed by atoms with Crippen molar-refractivity contribution in [2.75, 3.05) is 7.11 Å². The standard InChI is InChI=1S/C12H12FNOS/c1-15-14-8-9-4-5-11(13)10(7-9)12-3-2-6-16-12/h2-7,14H,8H2,1H3. The van der Waals surface area contributed by atoms with Gasteiger partial charge in [-0.05, 0) is 29.1 Å². The molecule has 0 unspecified atom stereocenters. The first-order chi connectivity index (χ1) is 7.81. The third-order valence-corrected chi connectivity index (χ3v) is 3.14. The van der Waals surface area contributed by atoms with Crippen LogP contribution in [-0.4, -0.2) is 7.11 Å². The Balaban J connectivity index is 2.30. The summed E-state index contributed by atoms with van der Waals surface area (Å²) in [6.07, 6.45) is 0. The van der Waals surface area contributed by atoms with Crippen molar-refractivity contribution in [1.29, 1.82) is 0 Å². The summed E-state index contributed by atoms with van der Waals surface area (Å²) in [7, 11) is 1.56. The fourth-order valence-corrected chi connectivity index (χ4v) is 2.20. The molecular formula is C12H12FNOS. The Morgan fingerprint density at radius 3 is 2.94 bits per heavy atom. The van der Waals surface area contributed by atoms with Gasteiger partial charge < -0.3 is 4.84 Å². The third-order valence-electron chi connectivity index (χ3n) is 2.24. The van der Waals surface area contributed by atoms with E-state index >= 15 is 0 Å². The van der Waals surface area contributed by atoms with Crippen molar-refractivity contribution in [2.24, 2.45) is 0 Å². The van der Waals surface area contributed by atoms with Gasteiger partial charge in [-0.2, -0.15) is 5.48 Å². The average Bonchev–Trinajstić information content (AvgIpc) is 2.81. The van der Waals surface area contributed by atoms with Gasteiger partial charge in [0.25, 0.3) is 0 Å². The number of hydrogen-bond donors (Lipinski definition) is 1. The molecule has 2 aromatic rings. The van der Waals surface area contributed by atoms with E-state index in [9.17, 15) is 4.39 Å². The van der Waals surface area contributed by atoms with Gasteiger partial charge in [-0.3, -0.25) is 0 Å². The molecule has 0 radical (unpaired) electrons. The van der Waals surface area contributed by atoms with Crippen LogP contribution >= 0.6 is 11.3 Å². The van der Waals surface area contributed by atoms with Crippen LogP contribution < -0.4 is 5.48 Å². The molecule has 84 valence electrons. The van der Waals surface area contributed by atoms with Crippen LogP contribution in [0.4, 0.5) is 4.39 Å². The minimum Gasteiger partial charge on any atom is -0.305 e. The number of halogens is 1. The van der Waals surface area contributed by atoms with Crippen molar-refractivity contribution in [3.8, 4) is 10.4 Å². The van der Waals surface area contributed by atoms with E-state index in [-0.39, 0.29) is 5.82 Å². The van der Waals surface area contributed by atoms with Gasteiger partial charge in [-0.25, -0.2) is 4.39 Å². The summed E-state index contributed by atoms with van der Waals surface area (Å²) in [6.45, 7) is 0.565. The largest absolute Gasteiger partial charge is 0.305 e. The molecule has 0 bridgehead atoms. The Hall–Kier alpha value is -1.23. The van der Waals surface area contributed by atoms with Crippen LogP contribution in [0.2, 0.25) is 0 Å². The predicted octanol–water partition coefficient (Wildman–Crippen LogP) is 3.21. The first-order valence-electron chi connectivity index (χ1n) is 4.89. The molecule has 4 heteroatoms. The molecule has 0 saturated carbocycles. The quantitative estimate of drug-likeness (QED) is 0.824. The van der Waals surface area contributed by atoms with Crippen LogP contribution in [0.1, 0.15) is 5.56 Å². The van der Waals surface area contributed by atoms with Crippen molar-refractivity contribution in [2.45, 2.75) is 6.54 Å². The Morgan fingerprint density at radius 2 is 2.25 bits per heavy atom. The Labute approximate surface area is 97.6 Å². The summed E-state index contributed by atoms with van der Waals surface area (Å²) in [4.78, 5) is 5.71. The van der Waals surface area contributed by atoms with E-state index in [2.05, 4.69) is 5.48 Å². The lowest BCUT2D eigenvalue weighted by atomic mass is 10.1. The van der Waals surface area contributed by atoms with Crippen LogP contribution in [0.5, 0.6) is 0 Å². The molecule has 1 heterocycles. The molecule has 0 spiro atoms. The zero-order valence-corrected chi connectivity index (χ0v) is 9.68. The van der Waals surface area contributed by atoms with E-state index in [1.54, 1.807) is 13.2 Å². The summed E-state index contributed by atoms with van der Waals surface area (Å²) in [6, 6.07) is 8.91. The zero-order chi connectivity index (χ0) is 11.4. The van der Waals surface area contributed by atoms with Gasteiger partial charge in [0, 0.05) is 17.0 Å². The molecule has 1 aromatic heterocycles. The van der Waals surface area contributed by atoms with Gasteiger partial charge in [0.15, 0.2) is 0 Å². The van der Waals surface area contributed by atoms with Crippen molar-refractivity contribution in [1.82, 2.24) is 5.48 Å². The van der Waals surface area contributed by atoms with E-state index in [0.717, 1.165) is 10.4 Å². The Kier molecular flexibility index (Phi) is 3.66. The summed E-state index contributed by atoms with van der Waals surface area (Å²) >= 11 is 1.53. The number of rotatable bonds is 4. The molecule has 0 aliphatic carbocycles. The SMILES string of the molecule is CONCc1ccc(F)c(-c2cccs2)c1. The lowest BCUT2D eigenvalue weighted by molar-refractivity contribution is 0.0867. The van der Waals surface area contributed by atoms with Crippen LogP contribution in [0.25, 0.3) is 10.4 Å². The van der Waals surface area contributed by atoms with Crippen LogP contribution in [0.15, 0.2) is 35.7 Å². The lowest BCUT2D eigenvalue weighted by Gasteiger charge is -2.05. The molecule has 1 aromatic carbocycles. The van der Waals surface area contributed by atoms with Gasteiger partial charge in [-0.1, -0.05) is 12.1 Å². The summed E-state index contributed by atoms with van der Waals surface area (Å²) in [5, 5.41) is 1.94. The number of nitrogens with one attached hydrogen (secondary N) is 1. The molecule has 1 N–H and O–H groups in total. The first-order valence-corrected chi connectivity index (χ1v) is 5.77. The third kappa shape index (κ3) is 2.47. The number of benzene rings is 1. The van der Waals surface area contributed by atoms with Crippen LogP contribution in [0, 0.1) is 5.82 Å². The molecule has 0 saturated heterocycles. The maximum absolute atomic E-state index is 13.6. The van der Waals surface area contributed by atoms with Crippen molar-refractivity contribution in [3.63, 3.8) is 0 Å². The lowest BCUT2D eigenvalue weighted by Crippen LogP contribution is -2.10. The monoisotopic (exact) mass is 237 g/mol. The molecule has 0 atom stereocenters. The minimum absolute atomic E-state index is 0.191. The number of hydroxylamine groups is 1. The van der Waals surface area contributed by atoms with E-state index in [0.29, 0.717) is 12.1 Å². The molecule has 2 nitrogen and oxygen atoms in total. The summed E-state index contributed by atoms with van der Waals surface area (Å²) in [5.41, 5.74) is 4.37. The van der Waals surface area contributed by atoms with Crippen LogP contribution in [0.3, 0.4) is 0 Å². The summed E-state index contributed by atoms with van der Waals surface area (Å²) < 4.78 is 13.6. The molecule has 0 aliphatic rings. The van der Waals surface area contributed by atoms with Gasteiger partial charge >= 0.3 is 0 Å². The highest BCUT2D eigenvalue weighted by molar-refractivity contribution is 7.13. The Bertz CT molecular complexity index is 456. The van der Waals surface area contributed by atoms with Gasteiger partial charge in [0.05, 0.1) is 7.11 Å². The van der Waals surface area contributed by atoms with E-state index < -0.39 is 0 Å². The highest BCUT2D eigenvalue weighted by Gasteiger charge is 2.06. The van der Waals surface area contributed by atoms with Crippen LogP contribution in [-0.2, 0) is 11.4 Å². The van der Waals surface area contributed by atoms with Gasteiger partial charge in [0.2, 0.25) is 0 Å². The number of hydrogen-bond acceptors (Lipinski definition) is 3. The van der Waals surface area contributed by atoms with E-state index in [1.807, 2.05) is 23.6 Å². The normalized spacial score (nSPS) is 10.6. The smallest absolute Gasteiger partial charge is 0.131 e. The van der Waals surface area contributed by atoms with Crippen molar-refractivity contribution >= 4 is 11.3 Å². The zero-order valence-electron chi connectivity index (χ0n) is 8.87. The average molecular weight is 237 g/mol. The second-order valence-electron chi connectivity index (χ2n) is 3.32. The van der Waals surface area contributed by atoms with Gasteiger partial charge in [0.1, 0.15) is 5.82 Å². The topological polar surface area (TPSA) is 21.3 Å². The van der Waals surface area contributed by atoms with E-state index in [4.69, 9.17) is 4.84 Å². The number of thiophene rings is 1. The maximum Gasteiger partial charge on any atom is 0.131 e. The summed E-state index contributed by atoms with van der Waals surface area (Å²) in [5.74, 6) is -0.191. The van der Waals surface area contributed by atoms with Crippen molar-refractivity contribution in [3.05, 3.63) is 47.1 Å². The van der Waals surface area contributed by atoms with E-state index in [1.165, 1.54) is 17.4 Å². The molecule has 16 heavy (non-hydrogen) atoms.